The Labute approximate surface area is 213 Å². The summed E-state index contributed by atoms with van der Waals surface area (Å²) in [6.07, 6.45) is 9.39. The van der Waals surface area contributed by atoms with Crippen LogP contribution >= 0.6 is 0 Å². The summed E-state index contributed by atoms with van der Waals surface area (Å²) in [7, 11) is 0. The van der Waals surface area contributed by atoms with Gasteiger partial charge in [0.1, 0.15) is 0 Å². The predicted octanol–water partition coefficient (Wildman–Crippen LogP) is 6.99. The van der Waals surface area contributed by atoms with Crippen molar-refractivity contribution in [2.75, 3.05) is 0 Å². The van der Waals surface area contributed by atoms with E-state index in [1.165, 1.54) is 19.3 Å². The minimum absolute atomic E-state index is 0. The molecule has 0 atom stereocenters. The van der Waals surface area contributed by atoms with E-state index < -0.39 is 0 Å². The van der Waals surface area contributed by atoms with Crippen LogP contribution in [0.15, 0.2) is 54.9 Å². The van der Waals surface area contributed by atoms with Crippen LogP contribution in [0.2, 0.25) is 0 Å². The van der Waals surface area contributed by atoms with E-state index in [0.29, 0.717) is 0 Å². The molecule has 3 aromatic rings. The van der Waals surface area contributed by atoms with E-state index in [2.05, 4.69) is 76.0 Å². The molecule has 0 spiro atoms. The van der Waals surface area contributed by atoms with Crippen molar-refractivity contribution in [3.63, 3.8) is 0 Å². The van der Waals surface area contributed by atoms with Gasteiger partial charge in [-0.25, -0.2) is 0 Å². The molecule has 0 unspecified atom stereocenters. The SMILES string of the molecule is CC(C)(C)[N-]C1(c2cccc(C(C)(C)c3cccc(-c4[c-]ccnc4)n3)n2)CCCCC1.[Pt+2]. The molecule has 0 amide bonds. The minimum Gasteiger partial charge on any atom is -0.647 e. The second-order valence-corrected chi connectivity index (χ2v) is 10.5. The number of rotatable bonds is 5. The molecule has 0 radical (unpaired) electrons. The van der Waals surface area contributed by atoms with Crippen LogP contribution in [0.1, 0.15) is 83.8 Å². The summed E-state index contributed by atoms with van der Waals surface area (Å²) >= 11 is 0. The predicted molar refractivity (Wildman–Crippen MR) is 131 cm³/mol. The quantitative estimate of drug-likeness (QED) is 0.289. The molecule has 4 rings (SSSR count). The van der Waals surface area contributed by atoms with Gasteiger partial charge in [0.25, 0.3) is 0 Å². The fourth-order valence-electron chi connectivity index (χ4n) is 4.77. The van der Waals surface area contributed by atoms with E-state index >= 15 is 0 Å². The molecule has 3 aromatic heterocycles. The van der Waals surface area contributed by atoms with Gasteiger partial charge in [0.15, 0.2) is 0 Å². The molecule has 0 N–H and O–H groups in total. The molecule has 5 heteroatoms. The monoisotopic (exact) mass is 621 g/mol. The van der Waals surface area contributed by atoms with Crippen molar-refractivity contribution >= 4 is 0 Å². The molecule has 3 heterocycles. The zero-order chi connectivity index (χ0) is 22.8. The van der Waals surface area contributed by atoms with Gasteiger partial charge in [0.2, 0.25) is 0 Å². The maximum Gasteiger partial charge on any atom is 2.00 e. The molecule has 1 fully saturated rings. The van der Waals surface area contributed by atoms with Crippen LogP contribution in [-0.4, -0.2) is 20.5 Å². The van der Waals surface area contributed by atoms with Crippen molar-refractivity contribution < 1.29 is 21.1 Å². The topological polar surface area (TPSA) is 52.8 Å². The van der Waals surface area contributed by atoms with Gasteiger partial charge in [0.05, 0.1) is 5.69 Å². The van der Waals surface area contributed by atoms with E-state index in [1.807, 2.05) is 12.1 Å². The van der Waals surface area contributed by atoms with Gasteiger partial charge in [-0.15, -0.1) is 23.2 Å². The van der Waals surface area contributed by atoms with Crippen molar-refractivity contribution in [2.24, 2.45) is 0 Å². The third kappa shape index (κ3) is 5.78. The zero-order valence-electron chi connectivity index (χ0n) is 20.3. The fraction of sp³-hybridized carbons (Fsp3) is 0.464. The number of hydrogen-bond donors (Lipinski definition) is 0. The van der Waals surface area contributed by atoms with Crippen LogP contribution in [0.25, 0.3) is 16.6 Å². The van der Waals surface area contributed by atoms with Crippen molar-refractivity contribution in [3.8, 4) is 11.3 Å². The van der Waals surface area contributed by atoms with E-state index in [9.17, 15) is 0 Å². The van der Waals surface area contributed by atoms with Crippen LogP contribution in [0.5, 0.6) is 0 Å². The Morgan fingerprint density at radius 3 is 2.18 bits per heavy atom. The second kappa shape index (κ2) is 10.2. The molecule has 0 aliphatic heterocycles. The molecule has 0 aromatic carbocycles. The smallest absolute Gasteiger partial charge is 0.647 e. The number of pyridine rings is 3. The van der Waals surface area contributed by atoms with Crippen molar-refractivity contribution in [1.82, 2.24) is 15.0 Å². The summed E-state index contributed by atoms with van der Waals surface area (Å²) in [6, 6.07) is 17.7. The third-order valence-electron chi connectivity index (χ3n) is 6.36. The summed E-state index contributed by atoms with van der Waals surface area (Å²) in [4.78, 5) is 14.4. The third-order valence-corrected chi connectivity index (χ3v) is 6.36. The van der Waals surface area contributed by atoms with Gasteiger partial charge in [-0.1, -0.05) is 89.0 Å². The summed E-state index contributed by atoms with van der Waals surface area (Å²) < 4.78 is 0. The van der Waals surface area contributed by atoms with Crippen molar-refractivity contribution in [3.05, 3.63) is 83.3 Å². The summed E-state index contributed by atoms with van der Waals surface area (Å²) in [5.41, 5.74) is 4.28. The van der Waals surface area contributed by atoms with Gasteiger partial charge >= 0.3 is 21.1 Å². The summed E-state index contributed by atoms with van der Waals surface area (Å²) in [6.45, 7) is 11.0. The van der Waals surface area contributed by atoms with Crippen LogP contribution in [0.4, 0.5) is 0 Å². The standard InChI is InChI=1S/C28H34N4.Pt/c1-26(2,3)32-28(17-7-6-8-18-28)25-16-10-15-24(31-25)27(4,5)23-14-9-13-22(30-23)21-12-11-19-29-20-21;/h9-11,13-16,19-20H,6-8,17-18H2,1-5H3;/q-2;+2. The average Bonchev–Trinajstić information content (AvgIpc) is 2.79. The maximum absolute atomic E-state index is 5.33. The molecule has 4 nitrogen and oxygen atoms in total. The van der Waals surface area contributed by atoms with Crippen LogP contribution in [-0.2, 0) is 32.0 Å². The maximum atomic E-state index is 5.33. The molecular weight excluding hydrogens is 587 g/mol. The minimum atomic E-state index is -0.341. The van der Waals surface area contributed by atoms with E-state index in [0.717, 1.165) is 41.2 Å². The first kappa shape index (κ1) is 25.7. The van der Waals surface area contributed by atoms with Gasteiger partial charge in [-0.05, 0) is 37.7 Å². The van der Waals surface area contributed by atoms with Gasteiger partial charge < -0.3 is 15.3 Å². The molecule has 0 bridgehead atoms. The first-order valence-electron chi connectivity index (χ1n) is 11.7. The number of nitrogens with zero attached hydrogens (tertiary/aromatic N) is 4. The Bertz CT molecular complexity index is 1050. The molecule has 0 saturated heterocycles. The van der Waals surface area contributed by atoms with Crippen LogP contribution in [0.3, 0.4) is 0 Å². The Kier molecular flexibility index (Phi) is 7.91. The van der Waals surface area contributed by atoms with Gasteiger partial charge in [-0.3, -0.25) is 4.98 Å². The van der Waals surface area contributed by atoms with Crippen LogP contribution < -0.4 is 0 Å². The molecule has 33 heavy (non-hydrogen) atoms. The summed E-state index contributed by atoms with van der Waals surface area (Å²) in [5, 5.41) is 5.33. The Morgan fingerprint density at radius 2 is 1.55 bits per heavy atom. The van der Waals surface area contributed by atoms with Gasteiger partial charge in [-0.2, -0.15) is 0 Å². The number of aromatic nitrogens is 3. The summed E-state index contributed by atoms with van der Waals surface area (Å²) in [5.74, 6) is 0. The first-order chi connectivity index (χ1) is 15.2. The molecule has 1 aliphatic rings. The molecular formula is C28H34N4Pt. The Hall–Kier alpha value is -1.90. The molecule has 1 saturated carbocycles. The second-order valence-electron chi connectivity index (χ2n) is 10.5. The Morgan fingerprint density at radius 1 is 0.879 bits per heavy atom. The average molecular weight is 622 g/mol. The van der Waals surface area contributed by atoms with Crippen molar-refractivity contribution in [1.29, 1.82) is 0 Å². The van der Waals surface area contributed by atoms with E-state index in [-0.39, 0.29) is 37.6 Å². The normalized spacial score (nSPS) is 16.2. The first-order valence-corrected chi connectivity index (χ1v) is 11.7. The van der Waals surface area contributed by atoms with Gasteiger partial charge in [0, 0.05) is 16.8 Å². The van der Waals surface area contributed by atoms with Crippen LogP contribution in [0, 0.1) is 6.07 Å². The fourth-order valence-corrected chi connectivity index (χ4v) is 4.77. The molecule has 176 valence electrons. The zero-order valence-corrected chi connectivity index (χ0v) is 22.6. The largest absolute Gasteiger partial charge is 2.00 e. The van der Waals surface area contributed by atoms with Crippen molar-refractivity contribution in [2.45, 2.75) is 83.2 Å². The number of hydrogen-bond acceptors (Lipinski definition) is 3. The Balaban J connectivity index is 0.00000306. The van der Waals surface area contributed by atoms with E-state index in [1.54, 1.807) is 12.4 Å². The van der Waals surface area contributed by atoms with E-state index in [4.69, 9.17) is 15.3 Å². The molecule has 1 aliphatic carbocycles.